The Kier molecular flexibility index (Phi) is 7.51. The van der Waals surface area contributed by atoms with Crippen LogP contribution in [-0.2, 0) is 0 Å². The molecule has 2 heteroatoms. The first-order valence-corrected chi connectivity index (χ1v) is 5.24. The molecule has 1 aliphatic heterocycles. The molecule has 1 rings (SSSR count). The fourth-order valence-electron chi connectivity index (χ4n) is 1.42. The van der Waals surface area contributed by atoms with Gasteiger partial charge in [0, 0.05) is 13.1 Å². The van der Waals surface area contributed by atoms with Crippen LogP contribution < -0.4 is 0 Å². The molecule has 1 aliphatic rings. The van der Waals surface area contributed by atoms with Crippen molar-refractivity contribution in [2.75, 3.05) is 39.8 Å². The minimum atomic E-state index is 1.22. The Hall–Kier alpha value is -0.0800. The molecule has 0 N–H and O–H groups in total. The predicted octanol–water partition coefficient (Wildman–Crippen LogP) is 1.67. The van der Waals surface area contributed by atoms with Gasteiger partial charge in [-0.15, -0.1) is 0 Å². The molecular formula is C10H24N2. The van der Waals surface area contributed by atoms with E-state index in [1.807, 2.05) is 13.8 Å². The Labute approximate surface area is 77.5 Å². The monoisotopic (exact) mass is 172 g/mol. The Morgan fingerprint density at radius 1 is 1.00 bits per heavy atom. The summed E-state index contributed by atoms with van der Waals surface area (Å²) in [5, 5.41) is 0. The van der Waals surface area contributed by atoms with Crippen LogP contribution in [0.25, 0.3) is 0 Å². The summed E-state index contributed by atoms with van der Waals surface area (Å²) in [4.78, 5) is 4.93. The van der Waals surface area contributed by atoms with E-state index >= 15 is 0 Å². The van der Waals surface area contributed by atoms with E-state index in [-0.39, 0.29) is 0 Å². The van der Waals surface area contributed by atoms with Crippen molar-refractivity contribution in [3.05, 3.63) is 0 Å². The maximum Gasteiger partial charge on any atom is 0.0109 e. The Morgan fingerprint density at radius 3 is 2.25 bits per heavy atom. The summed E-state index contributed by atoms with van der Waals surface area (Å²) >= 11 is 0. The van der Waals surface area contributed by atoms with Gasteiger partial charge in [0.05, 0.1) is 0 Å². The fourth-order valence-corrected chi connectivity index (χ4v) is 1.42. The highest BCUT2D eigenvalue weighted by Gasteiger charge is 2.08. The van der Waals surface area contributed by atoms with E-state index in [0.29, 0.717) is 0 Å². The van der Waals surface area contributed by atoms with Crippen molar-refractivity contribution in [2.24, 2.45) is 0 Å². The largest absolute Gasteiger partial charge is 0.305 e. The second kappa shape index (κ2) is 7.56. The highest BCUT2D eigenvalue weighted by Crippen LogP contribution is 1.99. The lowest BCUT2D eigenvalue weighted by Crippen LogP contribution is -2.28. The summed E-state index contributed by atoms with van der Waals surface area (Å²) in [6.07, 6.45) is 1.34. The quantitative estimate of drug-likeness (QED) is 0.593. The van der Waals surface area contributed by atoms with E-state index in [2.05, 4.69) is 23.8 Å². The van der Waals surface area contributed by atoms with Crippen molar-refractivity contribution < 1.29 is 0 Å². The summed E-state index contributed by atoms with van der Waals surface area (Å²) in [6, 6.07) is 0. The van der Waals surface area contributed by atoms with E-state index in [1.165, 1.54) is 39.1 Å². The predicted molar refractivity (Wildman–Crippen MR) is 55.6 cm³/mol. The van der Waals surface area contributed by atoms with Gasteiger partial charge >= 0.3 is 0 Å². The third-order valence-electron chi connectivity index (χ3n) is 2.26. The lowest BCUT2D eigenvalue weighted by atomic mass is 10.4. The van der Waals surface area contributed by atoms with E-state index in [9.17, 15) is 0 Å². The topological polar surface area (TPSA) is 6.48 Å². The highest BCUT2D eigenvalue weighted by molar-refractivity contribution is 4.65. The van der Waals surface area contributed by atoms with Crippen molar-refractivity contribution in [3.8, 4) is 0 Å². The zero-order valence-corrected chi connectivity index (χ0v) is 9.14. The van der Waals surface area contributed by atoms with Gasteiger partial charge in [0.25, 0.3) is 0 Å². The first kappa shape index (κ1) is 11.9. The molecular weight excluding hydrogens is 148 g/mol. The Balaban J connectivity index is 0.000000561. The number of likely N-dealkylation sites (N-methyl/N-ethyl adjacent to an activating group) is 2. The lowest BCUT2D eigenvalue weighted by molar-refractivity contribution is 0.289. The molecule has 0 radical (unpaired) electrons. The van der Waals surface area contributed by atoms with E-state index < -0.39 is 0 Å². The minimum absolute atomic E-state index is 1.22. The molecule has 0 unspecified atom stereocenters. The molecule has 0 spiro atoms. The van der Waals surface area contributed by atoms with Gasteiger partial charge in [0.1, 0.15) is 0 Å². The summed E-state index contributed by atoms with van der Waals surface area (Å²) in [6.45, 7) is 12.5. The fraction of sp³-hybridized carbons (Fsp3) is 1.00. The number of hydrogen-bond donors (Lipinski definition) is 0. The maximum atomic E-state index is 2.52. The lowest BCUT2D eigenvalue weighted by Gasteiger charge is -2.16. The average Bonchev–Trinajstić information content (AvgIpc) is 2.33. The number of hydrogen-bond acceptors (Lipinski definition) is 2. The highest BCUT2D eigenvalue weighted by atomic mass is 15.2. The maximum absolute atomic E-state index is 2.52. The third-order valence-corrected chi connectivity index (χ3v) is 2.26. The zero-order valence-electron chi connectivity index (χ0n) is 9.14. The molecule has 0 bridgehead atoms. The SMILES string of the molecule is CC.CCN1CCCN(C)CC1. The number of nitrogens with zero attached hydrogens (tertiary/aromatic N) is 2. The van der Waals surface area contributed by atoms with Crippen LogP contribution in [0.2, 0.25) is 0 Å². The van der Waals surface area contributed by atoms with E-state index in [0.717, 1.165) is 0 Å². The van der Waals surface area contributed by atoms with E-state index in [4.69, 9.17) is 0 Å². The minimum Gasteiger partial charge on any atom is -0.305 e. The molecule has 1 fully saturated rings. The number of rotatable bonds is 1. The molecule has 1 saturated heterocycles. The molecule has 0 aromatic heterocycles. The van der Waals surface area contributed by atoms with Gasteiger partial charge in [-0.05, 0) is 33.1 Å². The van der Waals surface area contributed by atoms with Gasteiger partial charge < -0.3 is 9.80 Å². The van der Waals surface area contributed by atoms with Crippen molar-refractivity contribution in [1.29, 1.82) is 0 Å². The van der Waals surface area contributed by atoms with Crippen molar-refractivity contribution in [1.82, 2.24) is 9.80 Å². The van der Waals surface area contributed by atoms with Crippen molar-refractivity contribution in [3.63, 3.8) is 0 Å². The Bertz CT molecular complexity index is 93.8. The van der Waals surface area contributed by atoms with Gasteiger partial charge in [-0.3, -0.25) is 0 Å². The second-order valence-electron chi connectivity index (χ2n) is 3.09. The smallest absolute Gasteiger partial charge is 0.0109 e. The van der Waals surface area contributed by atoms with Crippen LogP contribution >= 0.6 is 0 Å². The van der Waals surface area contributed by atoms with Crippen LogP contribution in [0.4, 0.5) is 0 Å². The van der Waals surface area contributed by atoms with Gasteiger partial charge in [-0.2, -0.15) is 0 Å². The van der Waals surface area contributed by atoms with Crippen LogP contribution in [0.3, 0.4) is 0 Å². The second-order valence-corrected chi connectivity index (χ2v) is 3.09. The summed E-state index contributed by atoms with van der Waals surface area (Å²) < 4.78 is 0. The molecule has 1 heterocycles. The van der Waals surface area contributed by atoms with Crippen LogP contribution in [0.15, 0.2) is 0 Å². The zero-order chi connectivity index (χ0) is 9.40. The van der Waals surface area contributed by atoms with Crippen LogP contribution in [0.5, 0.6) is 0 Å². The molecule has 0 saturated carbocycles. The standard InChI is InChI=1S/C8H18N2.C2H6/c1-3-10-6-4-5-9(2)7-8-10;1-2/h3-8H2,1-2H3;1-2H3. The van der Waals surface area contributed by atoms with Crippen LogP contribution in [-0.4, -0.2) is 49.6 Å². The van der Waals surface area contributed by atoms with Gasteiger partial charge in [-0.1, -0.05) is 20.8 Å². The van der Waals surface area contributed by atoms with Crippen molar-refractivity contribution in [2.45, 2.75) is 27.2 Å². The normalized spacial score (nSPS) is 21.0. The molecule has 0 amide bonds. The molecule has 0 aromatic carbocycles. The molecule has 12 heavy (non-hydrogen) atoms. The summed E-state index contributed by atoms with van der Waals surface area (Å²) in [5.74, 6) is 0. The van der Waals surface area contributed by atoms with E-state index in [1.54, 1.807) is 0 Å². The van der Waals surface area contributed by atoms with Gasteiger partial charge in [-0.25, -0.2) is 0 Å². The summed E-state index contributed by atoms with van der Waals surface area (Å²) in [5.41, 5.74) is 0. The third kappa shape index (κ3) is 4.73. The average molecular weight is 172 g/mol. The van der Waals surface area contributed by atoms with Crippen LogP contribution in [0, 0.1) is 0 Å². The molecule has 0 aromatic rings. The van der Waals surface area contributed by atoms with Crippen molar-refractivity contribution >= 4 is 0 Å². The van der Waals surface area contributed by atoms with Gasteiger partial charge in [0.2, 0.25) is 0 Å². The molecule has 0 atom stereocenters. The molecule has 0 aliphatic carbocycles. The Morgan fingerprint density at radius 2 is 1.67 bits per heavy atom. The molecule has 2 nitrogen and oxygen atoms in total. The first-order valence-electron chi connectivity index (χ1n) is 5.24. The van der Waals surface area contributed by atoms with Gasteiger partial charge in [0.15, 0.2) is 0 Å². The summed E-state index contributed by atoms with van der Waals surface area (Å²) in [7, 11) is 2.21. The molecule has 74 valence electrons. The first-order chi connectivity index (χ1) is 5.83. The van der Waals surface area contributed by atoms with Crippen LogP contribution in [0.1, 0.15) is 27.2 Å².